The predicted molar refractivity (Wildman–Crippen MR) is 69.8 cm³/mol. The molecule has 1 aromatic carbocycles. The Balaban J connectivity index is 2.38. The second kappa shape index (κ2) is 5.32. The van der Waals surface area contributed by atoms with Crippen LogP contribution in [0.3, 0.4) is 0 Å². The fourth-order valence-electron chi connectivity index (χ4n) is 1.48. The average molecular weight is 313 g/mol. The predicted octanol–water partition coefficient (Wildman–Crippen LogP) is 1.64. The molecule has 0 radical (unpaired) electrons. The summed E-state index contributed by atoms with van der Waals surface area (Å²) in [4.78, 5) is 13.2. The fourth-order valence-corrected chi connectivity index (χ4v) is 2.57. The van der Waals surface area contributed by atoms with Gasteiger partial charge in [-0.2, -0.15) is 8.42 Å². The number of hydrogen-bond acceptors (Lipinski definition) is 6. The Labute approximate surface area is 118 Å². The van der Waals surface area contributed by atoms with Crippen molar-refractivity contribution in [1.82, 2.24) is 4.98 Å². The Hall–Kier alpha value is -2.75. The lowest BCUT2D eigenvalue weighted by Gasteiger charge is -2.09. The van der Waals surface area contributed by atoms with E-state index in [-0.39, 0.29) is 5.69 Å². The monoisotopic (exact) mass is 313 g/mol. The maximum Gasteiger partial charge on any atom is 0.282 e. The van der Waals surface area contributed by atoms with Gasteiger partial charge in [0.25, 0.3) is 15.7 Å². The number of anilines is 1. The highest BCUT2D eigenvalue weighted by atomic mass is 32.2. The van der Waals surface area contributed by atoms with Crippen molar-refractivity contribution in [2.45, 2.75) is 5.03 Å². The number of sulfonamides is 1. The molecule has 0 aliphatic rings. The Morgan fingerprint density at radius 2 is 2.05 bits per heavy atom. The quantitative estimate of drug-likeness (QED) is 0.502. The number of rotatable bonds is 4. The number of halogens is 1. The van der Waals surface area contributed by atoms with Gasteiger partial charge in [0, 0.05) is 12.3 Å². The lowest BCUT2D eigenvalue weighted by molar-refractivity contribution is -0.384. The van der Waals surface area contributed by atoms with Crippen molar-refractivity contribution in [2.75, 3.05) is 4.72 Å². The van der Waals surface area contributed by atoms with Crippen molar-refractivity contribution >= 4 is 21.4 Å². The molecule has 110 valence electrons. The molecule has 21 heavy (non-hydrogen) atoms. The highest BCUT2D eigenvalue weighted by molar-refractivity contribution is 7.92. The summed E-state index contributed by atoms with van der Waals surface area (Å²) in [5, 5.41) is 19.2. The van der Waals surface area contributed by atoms with E-state index in [2.05, 4.69) is 4.98 Å². The molecule has 0 aliphatic heterocycles. The molecule has 10 heteroatoms. The zero-order chi connectivity index (χ0) is 15.6. The van der Waals surface area contributed by atoms with Crippen molar-refractivity contribution < 1.29 is 22.8 Å². The minimum Gasteiger partial charge on any atom is -0.505 e. The van der Waals surface area contributed by atoms with Crippen LogP contribution < -0.4 is 4.72 Å². The third-order valence-corrected chi connectivity index (χ3v) is 3.71. The first-order valence-corrected chi connectivity index (χ1v) is 6.90. The number of nitro benzene ring substituents is 1. The number of nitro groups is 1. The molecule has 0 bridgehead atoms. The summed E-state index contributed by atoms with van der Waals surface area (Å²) in [6.45, 7) is 0. The lowest BCUT2D eigenvalue weighted by atomic mass is 10.3. The van der Waals surface area contributed by atoms with Crippen LogP contribution in [0, 0.1) is 15.9 Å². The number of nitrogens with zero attached hydrogens (tertiary/aromatic N) is 2. The molecular formula is C11H8FN3O5S. The first-order valence-electron chi connectivity index (χ1n) is 5.42. The van der Waals surface area contributed by atoms with E-state index in [0.717, 1.165) is 30.5 Å². The molecule has 0 saturated heterocycles. The van der Waals surface area contributed by atoms with Gasteiger partial charge in [-0.15, -0.1) is 0 Å². The van der Waals surface area contributed by atoms with Gasteiger partial charge in [0.05, 0.1) is 16.7 Å². The average Bonchev–Trinajstić information content (AvgIpc) is 2.41. The van der Waals surface area contributed by atoms with E-state index >= 15 is 0 Å². The number of aromatic hydroxyl groups is 1. The van der Waals surface area contributed by atoms with Gasteiger partial charge in [0.2, 0.25) is 5.03 Å². The van der Waals surface area contributed by atoms with Crippen molar-refractivity contribution in [3.8, 4) is 5.75 Å². The van der Waals surface area contributed by atoms with Crippen molar-refractivity contribution in [2.24, 2.45) is 0 Å². The Bertz CT molecular complexity index is 809. The maximum atomic E-state index is 13.4. The summed E-state index contributed by atoms with van der Waals surface area (Å²) in [6.07, 6.45) is 1.09. The van der Waals surface area contributed by atoms with Crippen LogP contribution in [-0.2, 0) is 10.0 Å². The maximum absolute atomic E-state index is 13.4. The first-order chi connectivity index (χ1) is 9.81. The van der Waals surface area contributed by atoms with Crippen molar-refractivity contribution in [3.05, 3.63) is 52.5 Å². The van der Waals surface area contributed by atoms with E-state index in [1.165, 1.54) is 6.07 Å². The Morgan fingerprint density at radius 1 is 1.33 bits per heavy atom. The minimum absolute atomic E-state index is 0.328. The standard InChI is InChI=1S/C11H8FN3O5S/c12-8-2-1-5-13-11(8)21(19,20)14-9-4-3-7(15(17)18)6-10(9)16/h1-6,14,16H. The largest absolute Gasteiger partial charge is 0.505 e. The van der Waals surface area contributed by atoms with E-state index in [4.69, 9.17) is 0 Å². The molecular weight excluding hydrogens is 305 g/mol. The minimum atomic E-state index is -4.37. The van der Waals surface area contributed by atoms with Crippen LogP contribution in [0.15, 0.2) is 41.6 Å². The van der Waals surface area contributed by atoms with E-state index in [0.29, 0.717) is 0 Å². The van der Waals surface area contributed by atoms with Gasteiger partial charge in [-0.25, -0.2) is 9.37 Å². The summed E-state index contributed by atoms with van der Waals surface area (Å²) >= 11 is 0. The smallest absolute Gasteiger partial charge is 0.282 e. The van der Waals surface area contributed by atoms with Crippen molar-refractivity contribution in [3.63, 3.8) is 0 Å². The van der Waals surface area contributed by atoms with Crippen LogP contribution in [0.1, 0.15) is 0 Å². The van der Waals surface area contributed by atoms with Gasteiger partial charge < -0.3 is 5.11 Å². The van der Waals surface area contributed by atoms with Gasteiger partial charge in [0.1, 0.15) is 5.75 Å². The summed E-state index contributed by atoms with van der Waals surface area (Å²) in [5.41, 5.74) is -0.745. The second-order valence-corrected chi connectivity index (χ2v) is 5.45. The molecule has 0 unspecified atom stereocenters. The zero-order valence-corrected chi connectivity index (χ0v) is 11.0. The fraction of sp³-hybridized carbons (Fsp3) is 0. The normalized spacial score (nSPS) is 11.1. The van der Waals surface area contributed by atoms with Crippen LogP contribution in [0.25, 0.3) is 0 Å². The molecule has 0 amide bonds. The van der Waals surface area contributed by atoms with Crippen LogP contribution >= 0.6 is 0 Å². The third kappa shape index (κ3) is 3.05. The molecule has 1 heterocycles. The van der Waals surface area contributed by atoms with Crippen LogP contribution in [0.4, 0.5) is 15.8 Å². The number of non-ortho nitro benzene ring substituents is 1. The SMILES string of the molecule is O=[N+]([O-])c1ccc(NS(=O)(=O)c2ncccc2F)c(O)c1. The highest BCUT2D eigenvalue weighted by Gasteiger charge is 2.22. The number of benzene rings is 1. The van der Waals surface area contributed by atoms with E-state index in [1.807, 2.05) is 4.72 Å². The van der Waals surface area contributed by atoms with Gasteiger partial charge in [-0.1, -0.05) is 0 Å². The lowest BCUT2D eigenvalue weighted by Crippen LogP contribution is -2.16. The van der Waals surface area contributed by atoms with E-state index in [1.54, 1.807) is 0 Å². The molecule has 0 atom stereocenters. The van der Waals surface area contributed by atoms with Crippen LogP contribution in [0.5, 0.6) is 5.75 Å². The van der Waals surface area contributed by atoms with Gasteiger partial charge >= 0.3 is 0 Å². The van der Waals surface area contributed by atoms with Gasteiger partial charge in [0.15, 0.2) is 5.82 Å². The Morgan fingerprint density at radius 3 is 2.62 bits per heavy atom. The molecule has 0 aliphatic carbocycles. The summed E-state index contributed by atoms with van der Waals surface area (Å²) in [7, 11) is -4.37. The summed E-state index contributed by atoms with van der Waals surface area (Å²) < 4.78 is 39.2. The number of phenols is 1. The molecule has 0 fully saturated rings. The third-order valence-electron chi connectivity index (χ3n) is 2.42. The Kier molecular flexibility index (Phi) is 3.72. The number of hydrogen-bond donors (Lipinski definition) is 2. The van der Waals surface area contributed by atoms with Gasteiger partial charge in [-0.05, 0) is 18.2 Å². The molecule has 0 saturated carbocycles. The highest BCUT2D eigenvalue weighted by Crippen LogP contribution is 2.29. The second-order valence-electron chi connectivity index (χ2n) is 3.85. The zero-order valence-electron chi connectivity index (χ0n) is 10.2. The number of nitrogens with one attached hydrogen (secondary N) is 1. The molecule has 2 aromatic rings. The number of phenolic OH excluding ortho intramolecular Hbond substituents is 1. The molecule has 1 aromatic heterocycles. The first kappa shape index (κ1) is 14.7. The molecule has 8 nitrogen and oxygen atoms in total. The molecule has 2 rings (SSSR count). The van der Waals surface area contributed by atoms with E-state index < -0.39 is 37.2 Å². The number of pyridine rings is 1. The number of aromatic nitrogens is 1. The molecule has 2 N–H and O–H groups in total. The molecule has 0 spiro atoms. The van der Waals surface area contributed by atoms with Gasteiger partial charge in [-0.3, -0.25) is 14.8 Å². The van der Waals surface area contributed by atoms with Crippen LogP contribution in [-0.4, -0.2) is 23.4 Å². The van der Waals surface area contributed by atoms with Crippen molar-refractivity contribution in [1.29, 1.82) is 0 Å². The summed E-state index contributed by atoms with van der Waals surface area (Å²) in [6, 6.07) is 4.89. The van der Waals surface area contributed by atoms with Crippen LogP contribution in [0.2, 0.25) is 0 Å². The topological polar surface area (TPSA) is 122 Å². The van der Waals surface area contributed by atoms with E-state index in [9.17, 15) is 28.0 Å². The summed E-state index contributed by atoms with van der Waals surface area (Å²) in [5.74, 6) is -1.73.